The number of guanidine groups is 1. The molecule has 0 aromatic rings. The Labute approximate surface area is 167 Å². The Kier molecular flexibility index (Phi) is 10.5. The predicted molar refractivity (Wildman–Crippen MR) is 115 cm³/mol. The average molecular weight is 382 g/mol. The Hall–Kier alpha value is -0.850. The monoisotopic (exact) mass is 381 g/mol. The van der Waals surface area contributed by atoms with Crippen LogP contribution >= 0.6 is 0 Å². The summed E-state index contributed by atoms with van der Waals surface area (Å²) in [5.74, 6) is 1.60. The quantitative estimate of drug-likeness (QED) is 0.364. The van der Waals surface area contributed by atoms with E-state index in [1.165, 1.54) is 45.2 Å². The van der Waals surface area contributed by atoms with E-state index in [2.05, 4.69) is 46.2 Å². The van der Waals surface area contributed by atoms with Gasteiger partial charge in [-0.15, -0.1) is 0 Å². The number of nitrogens with zero attached hydrogens (tertiary/aromatic N) is 3. The molecule has 158 valence electrons. The molecular weight excluding hydrogens is 338 g/mol. The van der Waals surface area contributed by atoms with Crippen molar-refractivity contribution in [3.05, 3.63) is 0 Å². The van der Waals surface area contributed by atoms with E-state index in [9.17, 15) is 0 Å². The summed E-state index contributed by atoms with van der Waals surface area (Å²) in [5, 5.41) is 6.89. The molecule has 2 saturated heterocycles. The second kappa shape index (κ2) is 12.6. The first-order chi connectivity index (χ1) is 13.1. The van der Waals surface area contributed by atoms with Crippen molar-refractivity contribution in [2.24, 2.45) is 10.9 Å². The van der Waals surface area contributed by atoms with Gasteiger partial charge in [-0.3, -0.25) is 9.89 Å². The van der Waals surface area contributed by atoms with E-state index in [4.69, 9.17) is 4.74 Å². The Morgan fingerprint density at radius 3 is 2.78 bits per heavy atom. The third-order valence-electron chi connectivity index (χ3n) is 5.67. The molecule has 2 heterocycles. The molecular formula is C21H43N5O. The lowest BCUT2D eigenvalue weighted by Gasteiger charge is -2.34. The molecule has 6 heteroatoms. The third kappa shape index (κ3) is 8.79. The van der Waals surface area contributed by atoms with E-state index in [0.717, 1.165) is 51.3 Å². The van der Waals surface area contributed by atoms with Crippen LogP contribution in [-0.2, 0) is 4.74 Å². The summed E-state index contributed by atoms with van der Waals surface area (Å²) < 4.78 is 5.91. The smallest absolute Gasteiger partial charge is 0.191 e. The molecule has 2 atom stereocenters. The van der Waals surface area contributed by atoms with Crippen molar-refractivity contribution < 1.29 is 4.74 Å². The Morgan fingerprint density at radius 2 is 2.04 bits per heavy atom. The number of aliphatic imine (C=N–C) groups is 1. The van der Waals surface area contributed by atoms with E-state index in [1.54, 1.807) is 0 Å². The van der Waals surface area contributed by atoms with Crippen LogP contribution in [0.4, 0.5) is 0 Å². The fraction of sp³-hybridized carbons (Fsp3) is 0.952. The summed E-state index contributed by atoms with van der Waals surface area (Å²) in [6.07, 6.45) is 6.83. The van der Waals surface area contributed by atoms with Crippen LogP contribution in [0.5, 0.6) is 0 Å². The zero-order valence-electron chi connectivity index (χ0n) is 18.2. The number of morpholine rings is 1. The van der Waals surface area contributed by atoms with Gasteiger partial charge in [-0.2, -0.15) is 0 Å². The normalized spacial score (nSPS) is 25.7. The molecule has 0 saturated carbocycles. The van der Waals surface area contributed by atoms with Crippen molar-refractivity contribution in [2.45, 2.75) is 65.0 Å². The number of hydrogen-bond donors (Lipinski definition) is 2. The van der Waals surface area contributed by atoms with Gasteiger partial charge in [0, 0.05) is 45.8 Å². The van der Waals surface area contributed by atoms with E-state index in [0.29, 0.717) is 5.92 Å². The molecule has 2 fully saturated rings. The molecule has 0 spiro atoms. The Morgan fingerprint density at radius 1 is 1.19 bits per heavy atom. The Balaban J connectivity index is 1.56. The fourth-order valence-corrected chi connectivity index (χ4v) is 4.15. The molecule has 0 aromatic carbocycles. The van der Waals surface area contributed by atoms with Crippen LogP contribution in [0.2, 0.25) is 0 Å². The van der Waals surface area contributed by atoms with Crippen molar-refractivity contribution in [1.82, 2.24) is 20.4 Å². The lowest BCUT2D eigenvalue weighted by atomic mass is 10.0. The van der Waals surface area contributed by atoms with Crippen LogP contribution in [0.15, 0.2) is 4.99 Å². The van der Waals surface area contributed by atoms with Crippen LogP contribution in [0.25, 0.3) is 0 Å². The molecule has 2 aliphatic heterocycles. The van der Waals surface area contributed by atoms with Gasteiger partial charge in [-0.1, -0.05) is 20.3 Å². The van der Waals surface area contributed by atoms with Crippen LogP contribution < -0.4 is 10.6 Å². The minimum Gasteiger partial charge on any atom is -0.374 e. The summed E-state index contributed by atoms with van der Waals surface area (Å²) in [6.45, 7) is 15.3. The highest BCUT2D eigenvalue weighted by molar-refractivity contribution is 5.79. The molecule has 2 rings (SSSR count). The topological polar surface area (TPSA) is 52.1 Å². The number of likely N-dealkylation sites (tertiary alicyclic amines) is 1. The molecule has 0 bridgehead atoms. The number of hydrogen-bond acceptors (Lipinski definition) is 4. The summed E-state index contributed by atoms with van der Waals surface area (Å²) in [5.41, 5.74) is 0. The lowest BCUT2D eigenvalue weighted by molar-refractivity contribution is -0.0284. The summed E-state index contributed by atoms with van der Waals surface area (Å²) in [4.78, 5) is 9.52. The van der Waals surface area contributed by atoms with Gasteiger partial charge in [0.2, 0.25) is 0 Å². The van der Waals surface area contributed by atoms with Crippen molar-refractivity contribution in [3.63, 3.8) is 0 Å². The molecule has 0 radical (unpaired) electrons. The molecule has 6 nitrogen and oxygen atoms in total. The van der Waals surface area contributed by atoms with Crippen LogP contribution in [0, 0.1) is 5.92 Å². The van der Waals surface area contributed by atoms with Gasteiger partial charge < -0.3 is 20.3 Å². The first kappa shape index (κ1) is 22.4. The lowest BCUT2D eigenvalue weighted by Crippen LogP contribution is -2.50. The SMILES string of the molecule is CN=C(NCCCCN1CCCCC1C)NCC1CN(CC(C)C)CCO1. The van der Waals surface area contributed by atoms with Crippen molar-refractivity contribution in [1.29, 1.82) is 0 Å². The summed E-state index contributed by atoms with van der Waals surface area (Å²) in [7, 11) is 1.84. The zero-order valence-corrected chi connectivity index (χ0v) is 18.2. The third-order valence-corrected chi connectivity index (χ3v) is 5.67. The van der Waals surface area contributed by atoms with E-state index < -0.39 is 0 Å². The maximum absolute atomic E-state index is 5.91. The number of unbranched alkanes of at least 4 members (excludes halogenated alkanes) is 1. The Bertz CT molecular complexity index is 429. The van der Waals surface area contributed by atoms with Gasteiger partial charge in [-0.25, -0.2) is 0 Å². The fourth-order valence-electron chi connectivity index (χ4n) is 4.15. The predicted octanol–water partition coefficient (Wildman–Crippen LogP) is 2.16. The number of rotatable bonds is 9. The molecule has 27 heavy (non-hydrogen) atoms. The molecule has 2 unspecified atom stereocenters. The second-order valence-corrected chi connectivity index (χ2v) is 8.61. The highest BCUT2D eigenvalue weighted by atomic mass is 16.5. The number of piperidine rings is 1. The highest BCUT2D eigenvalue weighted by Gasteiger charge is 2.21. The van der Waals surface area contributed by atoms with Gasteiger partial charge >= 0.3 is 0 Å². The van der Waals surface area contributed by atoms with Crippen molar-refractivity contribution >= 4 is 5.96 Å². The van der Waals surface area contributed by atoms with Crippen molar-refractivity contribution in [3.8, 4) is 0 Å². The molecule has 2 aliphatic rings. The first-order valence-electron chi connectivity index (χ1n) is 11.1. The minimum atomic E-state index is 0.247. The van der Waals surface area contributed by atoms with E-state index in [1.807, 2.05) is 7.05 Å². The van der Waals surface area contributed by atoms with E-state index >= 15 is 0 Å². The van der Waals surface area contributed by atoms with Gasteiger partial charge in [0.25, 0.3) is 0 Å². The van der Waals surface area contributed by atoms with Crippen LogP contribution in [-0.4, -0.2) is 87.4 Å². The zero-order chi connectivity index (χ0) is 19.5. The average Bonchev–Trinajstić information content (AvgIpc) is 2.65. The van der Waals surface area contributed by atoms with Crippen LogP contribution in [0.1, 0.15) is 52.9 Å². The standard InChI is InChI=1S/C21H43N5O/c1-18(2)16-25-13-14-27-20(17-25)15-24-21(22-4)23-10-6-8-12-26-11-7-5-9-19(26)3/h18-20H,5-17H2,1-4H3,(H2,22,23,24). The second-order valence-electron chi connectivity index (χ2n) is 8.61. The van der Waals surface area contributed by atoms with Gasteiger partial charge in [0.15, 0.2) is 5.96 Å². The summed E-state index contributed by atoms with van der Waals surface area (Å²) >= 11 is 0. The summed E-state index contributed by atoms with van der Waals surface area (Å²) in [6, 6.07) is 0.770. The van der Waals surface area contributed by atoms with E-state index in [-0.39, 0.29) is 6.10 Å². The maximum atomic E-state index is 5.91. The number of ether oxygens (including phenoxy) is 1. The minimum absolute atomic E-state index is 0.247. The highest BCUT2D eigenvalue weighted by Crippen LogP contribution is 2.16. The van der Waals surface area contributed by atoms with Gasteiger partial charge in [0.05, 0.1) is 12.7 Å². The molecule has 0 aromatic heterocycles. The van der Waals surface area contributed by atoms with Gasteiger partial charge in [-0.05, 0) is 51.6 Å². The molecule has 0 amide bonds. The molecule has 2 N–H and O–H groups in total. The molecule has 0 aliphatic carbocycles. The van der Waals surface area contributed by atoms with Gasteiger partial charge in [0.1, 0.15) is 0 Å². The maximum Gasteiger partial charge on any atom is 0.191 e. The van der Waals surface area contributed by atoms with Crippen molar-refractivity contribution in [2.75, 3.05) is 59.5 Å². The first-order valence-corrected chi connectivity index (χ1v) is 11.1. The number of nitrogens with one attached hydrogen (secondary N) is 2. The largest absolute Gasteiger partial charge is 0.374 e. The van der Waals surface area contributed by atoms with Crippen LogP contribution in [0.3, 0.4) is 0 Å².